The van der Waals surface area contributed by atoms with Crippen molar-refractivity contribution in [3.63, 3.8) is 0 Å². The number of aldehydes is 1. The average molecular weight is 279 g/mol. The van der Waals surface area contributed by atoms with Gasteiger partial charge < -0.3 is 5.32 Å². The van der Waals surface area contributed by atoms with Crippen LogP contribution in [0.3, 0.4) is 0 Å². The maximum Gasteiger partial charge on any atom is 0.235 e. The Morgan fingerprint density at radius 3 is 2.81 bits per heavy atom. The fourth-order valence-electron chi connectivity index (χ4n) is 1.04. The average Bonchev–Trinajstić information content (AvgIpc) is 2.29. The number of amides is 1. The number of rotatable bonds is 1. The molecule has 1 amide bonds. The highest BCUT2D eigenvalue weighted by Crippen LogP contribution is 2.29. The van der Waals surface area contributed by atoms with Gasteiger partial charge in [0.25, 0.3) is 0 Å². The van der Waals surface area contributed by atoms with Crippen LogP contribution in [0.25, 0.3) is 0 Å². The van der Waals surface area contributed by atoms with Crippen molar-refractivity contribution in [2.24, 2.45) is 0 Å². The Morgan fingerprint density at radius 2 is 2.19 bits per heavy atom. The summed E-state index contributed by atoms with van der Waals surface area (Å²) in [5, 5.41) is 2.80. The first kappa shape index (κ1) is 13.3. The van der Waals surface area contributed by atoms with Gasteiger partial charge in [-0.05, 0) is 12.1 Å². The van der Waals surface area contributed by atoms with Crippen LogP contribution >= 0.6 is 35.0 Å². The molecule has 1 aliphatic heterocycles. The maximum atomic E-state index is 11.0. The Labute approximate surface area is 107 Å². The minimum absolute atomic E-state index is 0.0759. The molecular formula is C9H8Cl2N2O2S. The van der Waals surface area contributed by atoms with E-state index >= 15 is 0 Å². The summed E-state index contributed by atoms with van der Waals surface area (Å²) in [5.74, 6) is 0.827. The van der Waals surface area contributed by atoms with E-state index in [1.165, 1.54) is 11.8 Å². The van der Waals surface area contributed by atoms with Crippen LogP contribution in [0.2, 0.25) is 0 Å². The van der Waals surface area contributed by atoms with E-state index in [1.54, 1.807) is 12.1 Å². The van der Waals surface area contributed by atoms with E-state index in [0.29, 0.717) is 23.6 Å². The monoisotopic (exact) mass is 278 g/mol. The summed E-state index contributed by atoms with van der Waals surface area (Å²) >= 11 is 11.0. The van der Waals surface area contributed by atoms with Crippen LogP contribution in [0.4, 0.5) is 5.82 Å². The van der Waals surface area contributed by atoms with Crippen molar-refractivity contribution in [2.45, 2.75) is 4.90 Å². The molecule has 0 saturated carbocycles. The molecule has 0 spiro atoms. The molecule has 1 aromatic rings. The number of nitrogens with one attached hydrogen (secondary N) is 1. The fourth-order valence-corrected chi connectivity index (χ4v) is 1.80. The number of carbonyl (C=O) groups is 2. The van der Waals surface area contributed by atoms with Crippen molar-refractivity contribution in [1.82, 2.24) is 4.98 Å². The van der Waals surface area contributed by atoms with Gasteiger partial charge in [0.15, 0.2) is 6.29 Å². The van der Waals surface area contributed by atoms with Crippen LogP contribution in [-0.2, 0) is 4.79 Å². The van der Waals surface area contributed by atoms with Crippen LogP contribution in [0.15, 0.2) is 17.0 Å². The fraction of sp³-hybridized carbons (Fsp3) is 0.222. The normalized spacial score (nSPS) is 13.0. The van der Waals surface area contributed by atoms with Gasteiger partial charge in [0.1, 0.15) is 11.5 Å². The minimum Gasteiger partial charge on any atom is -0.309 e. The second kappa shape index (κ2) is 6.73. The number of halogens is 2. The molecule has 16 heavy (non-hydrogen) atoms. The van der Waals surface area contributed by atoms with Gasteiger partial charge in [0.05, 0.1) is 16.0 Å². The van der Waals surface area contributed by atoms with Crippen LogP contribution < -0.4 is 5.32 Å². The van der Waals surface area contributed by atoms with E-state index in [1.807, 2.05) is 0 Å². The van der Waals surface area contributed by atoms with Gasteiger partial charge in [0, 0.05) is 0 Å². The first-order valence-electron chi connectivity index (χ1n) is 4.22. The van der Waals surface area contributed by atoms with Crippen LogP contribution in [-0.4, -0.2) is 28.3 Å². The van der Waals surface area contributed by atoms with E-state index in [-0.39, 0.29) is 11.2 Å². The van der Waals surface area contributed by atoms with Gasteiger partial charge in [-0.2, -0.15) is 0 Å². The number of hydrogen-bond acceptors (Lipinski definition) is 4. The van der Waals surface area contributed by atoms with Crippen molar-refractivity contribution in [2.75, 3.05) is 16.4 Å². The number of hydrogen-bond donors (Lipinski definition) is 1. The third kappa shape index (κ3) is 3.66. The quantitative estimate of drug-likeness (QED) is 0.633. The van der Waals surface area contributed by atoms with Crippen LogP contribution in [0, 0.1) is 0 Å². The van der Waals surface area contributed by atoms with Crippen LogP contribution in [0.1, 0.15) is 10.5 Å². The second-order valence-corrected chi connectivity index (χ2v) is 4.46. The molecule has 0 unspecified atom stereocenters. The summed E-state index contributed by atoms with van der Waals surface area (Å²) in [6, 6.07) is 3.42. The number of aromatic nitrogens is 1. The van der Waals surface area contributed by atoms with Gasteiger partial charge >= 0.3 is 0 Å². The van der Waals surface area contributed by atoms with Crippen LogP contribution in [0.5, 0.6) is 0 Å². The first-order valence-corrected chi connectivity index (χ1v) is 6.27. The first-order chi connectivity index (χ1) is 7.71. The Balaban J connectivity index is 0.000000386. The third-order valence-corrected chi connectivity index (χ3v) is 2.66. The zero-order valence-corrected chi connectivity index (χ0v) is 10.4. The summed E-state index contributed by atoms with van der Waals surface area (Å²) in [7, 11) is 0. The molecule has 4 nitrogen and oxygen atoms in total. The molecule has 0 aromatic carbocycles. The summed E-state index contributed by atoms with van der Waals surface area (Å²) in [4.78, 5) is 26.2. The predicted octanol–water partition coefficient (Wildman–Crippen LogP) is 2.36. The molecule has 1 N–H and O–H groups in total. The number of fused-ring (bicyclic) bond motifs is 1. The zero-order valence-electron chi connectivity index (χ0n) is 8.07. The molecule has 2 heterocycles. The zero-order chi connectivity index (χ0) is 12.0. The molecule has 0 aliphatic carbocycles. The van der Waals surface area contributed by atoms with E-state index in [4.69, 9.17) is 23.2 Å². The lowest BCUT2D eigenvalue weighted by molar-refractivity contribution is -0.113. The van der Waals surface area contributed by atoms with Gasteiger partial charge in [-0.1, -0.05) is 0 Å². The SMILES string of the molecule is ClCCl.O=Cc1ccc2c(n1)NC(=O)CS2. The molecule has 1 aliphatic rings. The summed E-state index contributed by atoms with van der Waals surface area (Å²) in [6.45, 7) is 0. The molecule has 1 aromatic heterocycles. The summed E-state index contributed by atoms with van der Waals surface area (Å²) < 4.78 is 0. The molecule has 2 rings (SSSR count). The van der Waals surface area contributed by atoms with Gasteiger partial charge in [0.2, 0.25) is 5.91 Å². The van der Waals surface area contributed by atoms with Crippen molar-refractivity contribution in [1.29, 1.82) is 0 Å². The topological polar surface area (TPSA) is 59.1 Å². The largest absolute Gasteiger partial charge is 0.309 e. The maximum absolute atomic E-state index is 11.0. The number of thioether (sulfide) groups is 1. The molecular weight excluding hydrogens is 271 g/mol. The third-order valence-electron chi connectivity index (χ3n) is 1.62. The molecule has 7 heteroatoms. The minimum atomic E-state index is -0.0759. The lowest BCUT2D eigenvalue weighted by atomic mass is 10.3. The number of pyridine rings is 1. The predicted molar refractivity (Wildman–Crippen MR) is 65.6 cm³/mol. The van der Waals surface area contributed by atoms with Crippen molar-refractivity contribution in [3.05, 3.63) is 17.8 Å². The van der Waals surface area contributed by atoms with Gasteiger partial charge in [-0.15, -0.1) is 35.0 Å². The molecule has 0 saturated heterocycles. The van der Waals surface area contributed by atoms with Gasteiger partial charge in [-0.3, -0.25) is 9.59 Å². The number of anilines is 1. The number of alkyl halides is 2. The molecule has 0 radical (unpaired) electrons. The van der Waals surface area contributed by atoms with Crippen molar-refractivity contribution >= 4 is 53.0 Å². The Kier molecular flexibility index (Phi) is 5.59. The number of nitrogens with zero attached hydrogens (tertiary/aromatic N) is 1. The van der Waals surface area contributed by atoms with E-state index < -0.39 is 0 Å². The second-order valence-electron chi connectivity index (χ2n) is 2.64. The Bertz CT molecular complexity index is 401. The highest BCUT2D eigenvalue weighted by molar-refractivity contribution is 8.00. The summed E-state index contributed by atoms with van der Waals surface area (Å²) in [5.41, 5.74) is 0.335. The highest BCUT2D eigenvalue weighted by atomic mass is 35.5. The standard InChI is InChI=1S/C8H6N2O2S.CH2Cl2/c11-3-5-1-2-6-8(9-5)10-7(12)4-13-6;2-1-3/h1-3H,4H2,(H,9,10,12);1H2. The van der Waals surface area contributed by atoms with E-state index in [9.17, 15) is 9.59 Å². The molecule has 0 atom stereocenters. The van der Waals surface area contributed by atoms with Gasteiger partial charge in [-0.25, -0.2) is 4.98 Å². The molecule has 0 bridgehead atoms. The Hall–Kier alpha value is -0.780. The molecule has 0 fully saturated rings. The molecule has 86 valence electrons. The van der Waals surface area contributed by atoms with Crippen molar-refractivity contribution in [3.8, 4) is 0 Å². The van der Waals surface area contributed by atoms with Crippen molar-refractivity contribution < 1.29 is 9.59 Å². The Morgan fingerprint density at radius 1 is 1.50 bits per heavy atom. The number of carbonyl (C=O) groups excluding carboxylic acids is 2. The van der Waals surface area contributed by atoms with E-state index in [2.05, 4.69) is 10.3 Å². The lowest BCUT2D eigenvalue weighted by Gasteiger charge is -2.14. The highest BCUT2D eigenvalue weighted by Gasteiger charge is 2.16. The summed E-state index contributed by atoms with van der Waals surface area (Å²) in [6.07, 6.45) is 0.658. The lowest BCUT2D eigenvalue weighted by Crippen LogP contribution is -2.20. The smallest absolute Gasteiger partial charge is 0.235 e. The van der Waals surface area contributed by atoms with E-state index in [0.717, 1.165) is 4.90 Å².